The maximum Gasteiger partial charge on any atom is 0.191 e. The van der Waals surface area contributed by atoms with Crippen molar-refractivity contribution >= 4 is 46.3 Å². The fraction of sp³-hybridized carbons (Fsp3) is 0.400. The van der Waals surface area contributed by atoms with Crippen molar-refractivity contribution in [2.45, 2.75) is 56.5 Å². The van der Waals surface area contributed by atoms with Crippen LogP contribution >= 0.6 is 46.3 Å². The average Bonchev–Trinajstić information content (AvgIpc) is 3.26. The topological polar surface area (TPSA) is 30.7 Å². The van der Waals surface area contributed by atoms with Crippen LogP contribution in [0, 0.1) is 0 Å². The van der Waals surface area contributed by atoms with Crippen LogP contribution in [0.1, 0.15) is 42.2 Å². The number of halogens is 2. The van der Waals surface area contributed by atoms with Gasteiger partial charge in [0.1, 0.15) is 0 Å². The summed E-state index contributed by atoms with van der Waals surface area (Å²) in [5.74, 6) is 1.69. The SMILES string of the molecule is CCCn1c(SCc2c(Cl)cccc2Cl)nnc1-c1csc2c1CCCC2. The molecule has 0 N–H and O–H groups in total. The Labute approximate surface area is 178 Å². The summed E-state index contributed by atoms with van der Waals surface area (Å²) in [4.78, 5) is 1.53. The van der Waals surface area contributed by atoms with Crippen molar-refractivity contribution in [3.63, 3.8) is 0 Å². The van der Waals surface area contributed by atoms with Gasteiger partial charge in [-0.15, -0.1) is 21.5 Å². The first-order chi connectivity index (χ1) is 13.2. The highest BCUT2D eigenvalue weighted by atomic mass is 35.5. The van der Waals surface area contributed by atoms with Crippen LogP contribution in [-0.4, -0.2) is 14.8 Å². The van der Waals surface area contributed by atoms with Gasteiger partial charge >= 0.3 is 0 Å². The van der Waals surface area contributed by atoms with Gasteiger partial charge in [-0.1, -0.05) is 48.0 Å². The molecule has 1 aromatic carbocycles. The third-order valence-corrected chi connectivity index (χ3v) is 7.66. The Balaban J connectivity index is 1.64. The highest BCUT2D eigenvalue weighted by Crippen LogP contribution is 2.38. The summed E-state index contributed by atoms with van der Waals surface area (Å²) < 4.78 is 2.26. The number of thiophene rings is 1. The summed E-state index contributed by atoms with van der Waals surface area (Å²) in [6.45, 7) is 3.10. The molecule has 0 spiro atoms. The molecule has 1 aliphatic rings. The maximum absolute atomic E-state index is 6.32. The van der Waals surface area contributed by atoms with Gasteiger partial charge < -0.3 is 4.57 Å². The summed E-state index contributed by atoms with van der Waals surface area (Å²) in [6.07, 6.45) is 5.97. The third-order valence-electron chi connectivity index (χ3n) is 4.87. The first-order valence-corrected chi connectivity index (χ1v) is 11.9. The fourth-order valence-corrected chi connectivity index (χ4v) is 6.34. The summed E-state index contributed by atoms with van der Waals surface area (Å²) in [6, 6.07) is 5.63. The van der Waals surface area contributed by atoms with Crippen LogP contribution in [0.3, 0.4) is 0 Å². The zero-order chi connectivity index (χ0) is 18.8. The zero-order valence-electron chi connectivity index (χ0n) is 15.2. The van der Waals surface area contributed by atoms with Gasteiger partial charge in [0, 0.05) is 38.2 Å². The molecule has 7 heteroatoms. The molecule has 142 valence electrons. The second kappa shape index (κ2) is 8.56. The third kappa shape index (κ3) is 3.93. The Bertz CT molecular complexity index is 929. The van der Waals surface area contributed by atoms with Crippen molar-refractivity contribution in [1.29, 1.82) is 0 Å². The van der Waals surface area contributed by atoms with Crippen molar-refractivity contribution in [2.75, 3.05) is 0 Å². The number of aromatic nitrogens is 3. The molecule has 2 aromatic heterocycles. The van der Waals surface area contributed by atoms with Crippen LogP contribution in [0.2, 0.25) is 10.0 Å². The number of thioether (sulfide) groups is 1. The van der Waals surface area contributed by atoms with E-state index in [1.165, 1.54) is 35.3 Å². The van der Waals surface area contributed by atoms with E-state index in [2.05, 4.69) is 27.1 Å². The molecule has 0 bridgehead atoms. The van der Waals surface area contributed by atoms with Gasteiger partial charge in [0.25, 0.3) is 0 Å². The lowest BCUT2D eigenvalue weighted by molar-refractivity contribution is 0.625. The molecule has 3 aromatic rings. The predicted molar refractivity (Wildman–Crippen MR) is 116 cm³/mol. The van der Waals surface area contributed by atoms with Gasteiger partial charge in [-0.05, 0) is 55.4 Å². The molecule has 2 heterocycles. The number of rotatable bonds is 6. The zero-order valence-corrected chi connectivity index (χ0v) is 18.3. The van der Waals surface area contributed by atoms with Crippen LogP contribution < -0.4 is 0 Å². The number of aryl methyl sites for hydroxylation is 1. The van der Waals surface area contributed by atoms with Crippen LogP contribution in [0.4, 0.5) is 0 Å². The molecule has 0 unspecified atom stereocenters. The second-order valence-corrected chi connectivity index (χ2v) is 9.43. The molecule has 1 aliphatic carbocycles. The minimum Gasteiger partial charge on any atom is -0.302 e. The summed E-state index contributed by atoms with van der Waals surface area (Å²) in [7, 11) is 0. The molecule has 4 rings (SSSR count). The lowest BCUT2D eigenvalue weighted by Gasteiger charge is -2.14. The fourth-order valence-electron chi connectivity index (χ4n) is 3.51. The Hall–Kier alpha value is -1.01. The number of fused-ring (bicyclic) bond motifs is 1. The molecule has 0 fully saturated rings. The van der Waals surface area contributed by atoms with Crippen molar-refractivity contribution < 1.29 is 0 Å². The van der Waals surface area contributed by atoms with E-state index >= 15 is 0 Å². The maximum atomic E-state index is 6.32. The molecule has 0 saturated heterocycles. The Kier molecular flexibility index (Phi) is 6.12. The van der Waals surface area contributed by atoms with E-state index in [9.17, 15) is 0 Å². The molecule has 0 radical (unpaired) electrons. The molecule has 0 atom stereocenters. The minimum atomic E-state index is 0.683. The van der Waals surface area contributed by atoms with Gasteiger partial charge in [-0.2, -0.15) is 0 Å². The number of nitrogens with zero attached hydrogens (tertiary/aromatic N) is 3. The van der Waals surface area contributed by atoms with Crippen molar-refractivity contribution in [3.05, 3.63) is 49.6 Å². The number of hydrogen-bond donors (Lipinski definition) is 0. The van der Waals surface area contributed by atoms with Crippen molar-refractivity contribution in [2.24, 2.45) is 0 Å². The van der Waals surface area contributed by atoms with Crippen molar-refractivity contribution in [1.82, 2.24) is 14.8 Å². The van der Waals surface area contributed by atoms with E-state index in [1.807, 2.05) is 29.5 Å². The molecular formula is C20H21Cl2N3S2. The number of hydrogen-bond acceptors (Lipinski definition) is 4. The molecule has 0 aliphatic heterocycles. The summed E-state index contributed by atoms with van der Waals surface area (Å²) >= 11 is 16.2. The summed E-state index contributed by atoms with van der Waals surface area (Å²) in [5.41, 5.74) is 3.71. The van der Waals surface area contributed by atoms with Crippen LogP contribution in [0.25, 0.3) is 11.4 Å². The van der Waals surface area contributed by atoms with Crippen LogP contribution in [-0.2, 0) is 25.1 Å². The summed E-state index contributed by atoms with van der Waals surface area (Å²) in [5, 5.41) is 13.7. The van der Waals surface area contributed by atoms with Gasteiger partial charge in [0.2, 0.25) is 0 Å². The van der Waals surface area contributed by atoms with E-state index in [0.717, 1.165) is 35.9 Å². The second-order valence-electron chi connectivity index (χ2n) is 6.70. The van der Waals surface area contributed by atoms with E-state index in [-0.39, 0.29) is 0 Å². The largest absolute Gasteiger partial charge is 0.302 e. The van der Waals surface area contributed by atoms with Crippen molar-refractivity contribution in [3.8, 4) is 11.4 Å². The molecule has 0 saturated carbocycles. The van der Waals surface area contributed by atoms with Gasteiger partial charge in [-0.3, -0.25) is 0 Å². The molecule has 3 nitrogen and oxygen atoms in total. The molecule has 27 heavy (non-hydrogen) atoms. The Morgan fingerprint density at radius 3 is 2.70 bits per heavy atom. The highest BCUT2D eigenvalue weighted by Gasteiger charge is 2.22. The van der Waals surface area contributed by atoms with E-state index in [1.54, 1.807) is 11.8 Å². The highest BCUT2D eigenvalue weighted by molar-refractivity contribution is 7.98. The first-order valence-electron chi connectivity index (χ1n) is 9.27. The normalized spacial score (nSPS) is 13.7. The standard InChI is InChI=1S/C20H21Cl2N3S2/c1-2-10-25-19(14-11-26-18-9-4-3-6-13(14)18)23-24-20(25)27-12-15-16(21)7-5-8-17(15)22/h5,7-8,11H,2-4,6,9-10,12H2,1H3. The Morgan fingerprint density at radius 2 is 1.93 bits per heavy atom. The van der Waals surface area contributed by atoms with Gasteiger partial charge in [0.05, 0.1) is 0 Å². The minimum absolute atomic E-state index is 0.683. The number of benzene rings is 1. The van der Waals surface area contributed by atoms with Crippen LogP contribution in [0.15, 0.2) is 28.7 Å². The lowest BCUT2D eigenvalue weighted by Crippen LogP contribution is -2.05. The monoisotopic (exact) mass is 437 g/mol. The predicted octanol–water partition coefficient (Wildman–Crippen LogP) is 6.89. The van der Waals surface area contributed by atoms with Gasteiger partial charge in [-0.25, -0.2) is 0 Å². The lowest BCUT2D eigenvalue weighted by atomic mass is 9.95. The van der Waals surface area contributed by atoms with E-state index in [0.29, 0.717) is 15.8 Å². The van der Waals surface area contributed by atoms with E-state index in [4.69, 9.17) is 23.2 Å². The van der Waals surface area contributed by atoms with E-state index < -0.39 is 0 Å². The molecular weight excluding hydrogens is 417 g/mol. The Morgan fingerprint density at radius 1 is 1.15 bits per heavy atom. The average molecular weight is 438 g/mol. The van der Waals surface area contributed by atoms with Crippen LogP contribution in [0.5, 0.6) is 0 Å². The molecule has 0 amide bonds. The van der Waals surface area contributed by atoms with Gasteiger partial charge in [0.15, 0.2) is 11.0 Å². The quantitative estimate of drug-likeness (QED) is 0.393. The smallest absolute Gasteiger partial charge is 0.191 e. The first kappa shape index (κ1) is 19.3.